The number of halogens is 3. The van der Waals surface area contributed by atoms with Gasteiger partial charge in [-0.3, -0.25) is 0 Å². The van der Waals surface area contributed by atoms with E-state index in [0.717, 1.165) is 46.8 Å². The minimum absolute atomic E-state index is 0.0501. The third-order valence-electron chi connectivity index (χ3n) is 4.44. The quantitative estimate of drug-likeness (QED) is 0.715. The molecule has 10 heteroatoms. The molecule has 27 heavy (non-hydrogen) atoms. The minimum atomic E-state index is -4.55. The summed E-state index contributed by atoms with van der Waals surface area (Å²) in [5.41, 5.74) is 0. The van der Waals surface area contributed by atoms with Gasteiger partial charge in [0.1, 0.15) is 17.5 Å². The maximum atomic E-state index is 13.9. The Labute approximate surface area is 155 Å². The molecule has 1 heterocycles. The zero-order chi connectivity index (χ0) is 19.8. The Morgan fingerprint density at radius 1 is 0.889 bits per heavy atom. The highest BCUT2D eigenvalue weighted by atomic mass is 32.2. The van der Waals surface area contributed by atoms with Gasteiger partial charge >= 0.3 is 0 Å². The average Bonchev–Trinajstić information content (AvgIpc) is 2.62. The smallest absolute Gasteiger partial charge is 0.223 e. The summed E-state index contributed by atoms with van der Waals surface area (Å²) in [5, 5.41) is -1.10. The van der Waals surface area contributed by atoms with Crippen LogP contribution >= 0.6 is 0 Å². The molecule has 0 bridgehead atoms. The lowest BCUT2D eigenvalue weighted by Gasteiger charge is -2.31. The van der Waals surface area contributed by atoms with Crippen molar-refractivity contribution in [1.82, 2.24) is 4.31 Å². The first-order valence-electron chi connectivity index (χ1n) is 8.07. The fraction of sp³-hybridized carbons (Fsp3) is 0.294. The van der Waals surface area contributed by atoms with E-state index in [1.54, 1.807) is 0 Å². The van der Waals surface area contributed by atoms with Gasteiger partial charge in [-0.1, -0.05) is 6.07 Å². The molecule has 5 nitrogen and oxygen atoms in total. The Balaban J connectivity index is 1.93. The zero-order valence-corrected chi connectivity index (χ0v) is 15.6. The number of rotatable bonds is 4. The van der Waals surface area contributed by atoms with Gasteiger partial charge in [-0.05, 0) is 49.2 Å². The number of sulfonamides is 1. The van der Waals surface area contributed by atoms with Crippen molar-refractivity contribution in [3.63, 3.8) is 0 Å². The van der Waals surface area contributed by atoms with Crippen LogP contribution in [0.4, 0.5) is 13.2 Å². The summed E-state index contributed by atoms with van der Waals surface area (Å²) in [5.74, 6) is -3.08. The standard InChI is InChI=1S/C17H16F3NO4S2/c18-12-6-8-13(9-7-12)26(22,23)14-3-2-10-21(11-14)27(24,25)17-15(19)4-1-5-16(17)20/h1,4-9,14H,2-3,10-11H2/t14-/m1/s1. The van der Waals surface area contributed by atoms with Crippen molar-refractivity contribution < 1.29 is 30.0 Å². The molecule has 0 amide bonds. The van der Waals surface area contributed by atoms with E-state index in [2.05, 4.69) is 0 Å². The number of piperidine rings is 1. The first kappa shape index (κ1) is 19.8. The number of nitrogens with zero attached hydrogens (tertiary/aromatic N) is 1. The Bertz CT molecular complexity index is 1030. The normalized spacial score (nSPS) is 19.1. The molecule has 1 atom stereocenters. The van der Waals surface area contributed by atoms with Crippen LogP contribution < -0.4 is 0 Å². The SMILES string of the molecule is O=S(=O)(c1ccc(F)cc1)[C@@H]1CCCN(S(=O)(=O)c2c(F)cccc2F)C1. The van der Waals surface area contributed by atoms with E-state index < -0.39 is 54.0 Å². The highest BCUT2D eigenvalue weighted by molar-refractivity contribution is 7.92. The van der Waals surface area contributed by atoms with E-state index >= 15 is 0 Å². The fourth-order valence-electron chi connectivity index (χ4n) is 3.05. The van der Waals surface area contributed by atoms with Crippen LogP contribution in [-0.2, 0) is 19.9 Å². The Morgan fingerprint density at radius 2 is 1.48 bits per heavy atom. The number of hydrogen-bond donors (Lipinski definition) is 0. The second kappa shape index (κ2) is 7.25. The van der Waals surface area contributed by atoms with Crippen molar-refractivity contribution in [3.8, 4) is 0 Å². The molecule has 0 aromatic heterocycles. The fourth-order valence-corrected chi connectivity index (χ4v) is 6.53. The second-order valence-electron chi connectivity index (χ2n) is 6.18. The van der Waals surface area contributed by atoms with Crippen LogP contribution in [0.15, 0.2) is 52.3 Å². The molecule has 2 aromatic rings. The van der Waals surface area contributed by atoms with Crippen LogP contribution in [0.25, 0.3) is 0 Å². The molecule has 0 aliphatic carbocycles. The topological polar surface area (TPSA) is 71.5 Å². The van der Waals surface area contributed by atoms with Gasteiger partial charge in [0.05, 0.1) is 10.1 Å². The summed E-state index contributed by atoms with van der Waals surface area (Å²) in [7, 11) is -8.48. The largest absolute Gasteiger partial charge is 0.248 e. The third kappa shape index (κ3) is 3.74. The van der Waals surface area contributed by atoms with E-state index in [0.29, 0.717) is 0 Å². The van der Waals surface area contributed by atoms with E-state index in [-0.39, 0.29) is 24.3 Å². The molecule has 1 fully saturated rings. The van der Waals surface area contributed by atoms with Gasteiger partial charge < -0.3 is 0 Å². The van der Waals surface area contributed by atoms with Gasteiger partial charge in [0.2, 0.25) is 10.0 Å². The van der Waals surface area contributed by atoms with Crippen molar-refractivity contribution in [2.24, 2.45) is 0 Å². The molecule has 3 rings (SSSR count). The summed E-state index contributed by atoms with van der Waals surface area (Å²) < 4.78 is 92.6. The first-order valence-corrected chi connectivity index (χ1v) is 11.1. The van der Waals surface area contributed by atoms with Crippen molar-refractivity contribution in [1.29, 1.82) is 0 Å². The monoisotopic (exact) mass is 419 g/mol. The van der Waals surface area contributed by atoms with Crippen molar-refractivity contribution in [2.45, 2.75) is 27.9 Å². The van der Waals surface area contributed by atoms with Gasteiger partial charge in [0.15, 0.2) is 14.7 Å². The summed E-state index contributed by atoms with van der Waals surface area (Å²) in [6, 6.07) is 6.90. The molecule has 1 aliphatic rings. The summed E-state index contributed by atoms with van der Waals surface area (Å²) in [6.07, 6.45) is 0.395. The van der Waals surface area contributed by atoms with Crippen LogP contribution in [0.3, 0.4) is 0 Å². The van der Waals surface area contributed by atoms with E-state index in [9.17, 15) is 30.0 Å². The highest BCUT2D eigenvalue weighted by Crippen LogP contribution is 2.29. The second-order valence-corrected chi connectivity index (χ2v) is 10.3. The lowest BCUT2D eigenvalue weighted by Crippen LogP contribution is -2.45. The molecule has 1 aliphatic heterocycles. The lowest BCUT2D eigenvalue weighted by atomic mass is 10.2. The van der Waals surface area contributed by atoms with Crippen molar-refractivity contribution in [3.05, 3.63) is 59.9 Å². The lowest BCUT2D eigenvalue weighted by molar-refractivity contribution is 0.342. The molecule has 1 saturated heterocycles. The zero-order valence-electron chi connectivity index (χ0n) is 14.0. The average molecular weight is 419 g/mol. The minimum Gasteiger partial charge on any atom is -0.223 e. The number of sulfone groups is 1. The van der Waals surface area contributed by atoms with Crippen LogP contribution in [0.2, 0.25) is 0 Å². The third-order valence-corrected chi connectivity index (χ3v) is 8.55. The highest BCUT2D eigenvalue weighted by Gasteiger charge is 2.39. The summed E-state index contributed by atoms with van der Waals surface area (Å²) in [6.45, 7) is -0.485. The van der Waals surface area contributed by atoms with Crippen LogP contribution in [-0.4, -0.2) is 39.5 Å². The Hall–Kier alpha value is -1.91. The van der Waals surface area contributed by atoms with Crippen LogP contribution in [0.5, 0.6) is 0 Å². The molecular weight excluding hydrogens is 403 g/mol. The molecule has 0 radical (unpaired) electrons. The molecule has 0 spiro atoms. The molecule has 0 unspecified atom stereocenters. The molecule has 146 valence electrons. The van der Waals surface area contributed by atoms with Crippen LogP contribution in [0.1, 0.15) is 12.8 Å². The number of hydrogen-bond acceptors (Lipinski definition) is 4. The first-order chi connectivity index (χ1) is 12.6. The predicted molar refractivity (Wildman–Crippen MR) is 91.7 cm³/mol. The maximum absolute atomic E-state index is 13.9. The molecule has 2 aromatic carbocycles. The molecule has 0 saturated carbocycles. The maximum Gasteiger partial charge on any atom is 0.248 e. The summed E-state index contributed by atoms with van der Waals surface area (Å²) in [4.78, 5) is -1.23. The Morgan fingerprint density at radius 3 is 2.07 bits per heavy atom. The van der Waals surface area contributed by atoms with Gasteiger partial charge in [0.25, 0.3) is 0 Å². The van der Waals surface area contributed by atoms with Gasteiger partial charge in [0, 0.05) is 13.1 Å². The predicted octanol–water partition coefficient (Wildman–Crippen LogP) is 2.73. The Kier molecular flexibility index (Phi) is 5.33. The van der Waals surface area contributed by atoms with Gasteiger partial charge in [-0.15, -0.1) is 0 Å². The molecule has 0 N–H and O–H groups in total. The van der Waals surface area contributed by atoms with E-state index in [1.165, 1.54) is 0 Å². The van der Waals surface area contributed by atoms with E-state index in [1.807, 2.05) is 0 Å². The van der Waals surface area contributed by atoms with Gasteiger partial charge in [-0.25, -0.2) is 30.0 Å². The van der Waals surface area contributed by atoms with Gasteiger partial charge in [-0.2, -0.15) is 4.31 Å². The number of benzene rings is 2. The summed E-state index contributed by atoms with van der Waals surface area (Å²) >= 11 is 0. The molecular formula is C17H16F3NO4S2. The van der Waals surface area contributed by atoms with E-state index in [4.69, 9.17) is 0 Å². The van der Waals surface area contributed by atoms with Crippen molar-refractivity contribution >= 4 is 19.9 Å². The van der Waals surface area contributed by atoms with Crippen LogP contribution in [0, 0.1) is 17.5 Å². The van der Waals surface area contributed by atoms with Crippen molar-refractivity contribution in [2.75, 3.05) is 13.1 Å².